The summed E-state index contributed by atoms with van der Waals surface area (Å²) in [5.74, 6) is -0.0146. The van der Waals surface area contributed by atoms with Crippen LogP contribution in [0.25, 0.3) is 0 Å². The number of fused-ring (bicyclic) bond motifs is 2. The number of aliphatic imine (C=N–C) groups is 1. The van der Waals surface area contributed by atoms with Crippen molar-refractivity contribution < 1.29 is 9.69 Å². The Morgan fingerprint density at radius 1 is 1.03 bits per heavy atom. The van der Waals surface area contributed by atoms with Gasteiger partial charge in [0.25, 0.3) is 5.91 Å². The molecule has 5 rings (SSSR count). The standard InChI is InChI=1S/C25H22BrN3O/c1-17-10-11-20(14-22(17)26)27-24-21-8-4-5-9-23(21)29(25(24)30)16-28-13-12-18-6-2-3-7-19(18)15-28/h2-11,14H,12-13,15-16H2,1H3/p+1. The molecule has 1 N–H and O–H groups in total. The maximum absolute atomic E-state index is 13.4. The van der Waals surface area contributed by atoms with Crippen molar-refractivity contribution in [1.82, 2.24) is 0 Å². The zero-order chi connectivity index (χ0) is 20.7. The number of nitrogens with one attached hydrogen (secondary N) is 1. The maximum atomic E-state index is 13.4. The van der Waals surface area contributed by atoms with E-state index in [9.17, 15) is 4.79 Å². The number of aryl methyl sites for hydroxylation is 1. The van der Waals surface area contributed by atoms with Crippen LogP contribution in [0.15, 0.2) is 76.2 Å². The van der Waals surface area contributed by atoms with Crippen LogP contribution in [0, 0.1) is 6.92 Å². The molecule has 3 aromatic carbocycles. The van der Waals surface area contributed by atoms with Crippen LogP contribution in [0.1, 0.15) is 22.3 Å². The van der Waals surface area contributed by atoms with Crippen LogP contribution in [-0.2, 0) is 17.8 Å². The third-order valence-corrected chi connectivity index (χ3v) is 6.84. The van der Waals surface area contributed by atoms with E-state index in [4.69, 9.17) is 4.99 Å². The van der Waals surface area contributed by atoms with E-state index < -0.39 is 0 Å². The number of quaternary nitrogens is 1. The minimum Gasteiger partial charge on any atom is -0.313 e. The van der Waals surface area contributed by atoms with Gasteiger partial charge in [-0.15, -0.1) is 0 Å². The number of carbonyl (C=O) groups is 1. The van der Waals surface area contributed by atoms with Gasteiger partial charge < -0.3 is 4.90 Å². The van der Waals surface area contributed by atoms with E-state index in [0.717, 1.165) is 46.5 Å². The van der Waals surface area contributed by atoms with Gasteiger partial charge in [0.2, 0.25) is 0 Å². The third-order valence-electron chi connectivity index (χ3n) is 5.98. The molecule has 0 fully saturated rings. The van der Waals surface area contributed by atoms with Crippen molar-refractivity contribution >= 4 is 38.9 Å². The fourth-order valence-corrected chi connectivity index (χ4v) is 4.68. The van der Waals surface area contributed by atoms with Gasteiger partial charge in [-0.2, -0.15) is 0 Å². The van der Waals surface area contributed by atoms with Gasteiger partial charge in [-0.3, -0.25) is 9.69 Å². The molecule has 1 atom stereocenters. The summed E-state index contributed by atoms with van der Waals surface area (Å²) in [6.07, 6.45) is 1.05. The monoisotopic (exact) mass is 460 g/mol. The summed E-state index contributed by atoms with van der Waals surface area (Å²) in [5.41, 5.74) is 7.14. The summed E-state index contributed by atoms with van der Waals surface area (Å²) in [4.78, 5) is 21.5. The van der Waals surface area contributed by atoms with Crippen LogP contribution in [0.3, 0.4) is 0 Å². The van der Waals surface area contributed by atoms with Crippen LogP contribution in [0.5, 0.6) is 0 Å². The lowest BCUT2D eigenvalue weighted by atomic mass is 10.0. The lowest BCUT2D eigenvalue weighted by Crippen LogP contribution is -3.13. The molecule has 2 aliphatic heterocycles. The highest BCUT2D eigenvalue weighted by molar-refractivity contribution is 9.10. The van der Waals surface area contributed by atoms with Crippen molar-refractivity contribution in [2.75, 3.05) is 18.1 Å². The summed E-state index contributed by atoms with van der Waals surface area (Å²) >= 11 is 3.57. The molecule has 0 saturated carbocycles. The van der Waals surface area contributed by atoms with Gasteiger partial charge in [-0.1, -0.05) is 64.5 Å². The summed E-state index contributed by atoms with van der Waals surface area (Å²) in [7, 11) is 0. The molecular weight excluding hydrogens is 438 g/mol. The van der Waals surface area contributed by atoms with E-state index in [0.29, 0.717) is 12.4 Å². The number of hydrogen-bond donors (Lipinski definition) is 1. The number of benzene rings is 3. The van der Waals surface area contributed by atoms with Gasteiger partial charge in [0.05, 0.1) is 17.9 Å². The number of hydrogen-bond acceptors (Lipinski definition) is 2. The van der Waals surface area contributed by atoms with E-state index >= 15 is 0 Å². The van der Waals surface area contributed by atoms with Gasteiger partial charge in [-0.05, 0) is 36.2 Å². The zero-order valence-corrected chi connectivity index (χ0v) is 18.4. The van der Waals surface area contributed by atoms with E-state index in [2.05, 4.69) is 40.2 Å². The number of amides is 1. The first kappa shape index (κ1) is 19.2. The molecule has 0 aromatic heterocycles. The number of halogens is 1. The van der Waals surface area contributed by atoms with Crippen molar-refractivity contribution in [3.63, 3.8) is 0 Å². The number of para-hydroxylation sites is 1. The van der Waals surface area contributed by atoms with Crippen molar-refractivity contribution in [2.24, 2.45) is 4.99 Å². The molecule has 1 amide bonds. The van der Waals surface area contributed by atoms with Crippen LogP contribution in [-0.4, -0.2) is 24.8 Å². The van der Waals surface area contributed by atoms with Gasteiger partial charge in [-0.25, -0.2) is 4.99 Å². The quantitative estimate of drug-likeness (QED) is 0.633. The summed E-state index contributed by atoms with van der Waals surface area (Å²) in [6, 6.07) is 22.6. The third kappa shape index (κ3) is 3.48. The van der Waals surface area contributed by atoms with E-state index in [-0.39, 0.29) is 5.91 Å². The normalized spacial score (nSPS) is 19.1. The lowest BCUT2D eigenvalue weighted by Gasteiger charge is -2.29. The Morgan fingerprint density at radius 3 is 2.63 bits per heavy atom. The molecular formula is C25H23BrN3O+. The fraction of sp³-hybridized carbons (Fsp3) is 0.200. The Hall–Kier alpha value is -2.76. The Kier molecular flexibility index (Phi) is 5.01. The van der Waals surface area contributed by atoms with Crippen LogP contribution in [0.2, 0.25) is 0 Å². The molecule has 0 spiro atoms. The molecule has 0 radical (unpaired) electrons. The number of nitrogens with zero attached hydrogens (tertiary/aromatic N) is 2. The molecule has 0 aliphatic carbocycles. The summed E-state index contributed by atoms with van der Waals surface area (Å²) < 4.78 is 0.997. The molecule has 150 valence electrons. The summed E-state index contributed by atoms with van der Waals surface area (Å²) in [6.45, 7) is 4.67. The smallest absolute Gasteiger partial charge is 0.281 e. The van der Waals surface area contributed by atoms with Gasteiger partial charge in [0.1, 0.15) is 12.3 Å². The second kappa shape index (κ2) is 7.82. The van der Waals surface area contributed by atoms with Crippen molar-refractivity contribution in [2.45, 2.75) is 19.9 Å². The SMILES string of the molecule is Cc1ccc(N=C2C(=O)N(C[NH+]3CCc4ccccc4C3)c3ccccc32)cc1Br. The highest BCUT2D eigenvalue weighted by Gasteiger charge is 2.36. The van der Waals surface area contributed by atoms with Crippen molar-refractivity contribution in [3.05, 3.63) is 93.5 Å². The van der Waals surface area contributed by atoms with E-state index in [1.165, 1.54) is 16.0 Å². The maximum Gasteiger partial charge on any atom is 0.281 e. The first-order valence-corrected chi connectivity index (χ1v) is 11.1. The molecule has 2 heterocycles. The molecule has 4 nitrogen and oxygen atoms in total. The first-order chi connectivity index (χ1) is 14.6. The lowest BCUT2D eigenvalue weighted by molar-refractivity contribution is -0.914. The second-order valence-corrected chi connectivity index (χ2v) is 8.85. The zero-order valence-electron chi connectivity index (χ0n) is 16.9. The van der Waals surface area contributed by atoms with Gasteiger partial charge >= 0.3 is 0 Å². The van der Waals surface area contributed by atoms with E-state index in [1.54, 1.807) is 0 Å². The molecule has 30 heavy (non-hydrogen) atoms. The Morgan fingerprint density at radius 2 is 1.80 bits per heavy atom. The Labute approximate surface area is 185 Å². The van der Waals surface area contributed by atoms with Gasteiger partial charge in [0.15, 0.2) is 6.67 Å². The first-order valence-electron chi connectivity index (χ1n) is 10.3. The predicted molar refractivity (Wildman–Crippen MR) is 124 cm³/mol. The minimum atomic E-state index is -0.0146. The Bertz CT molecular complexity index is 1170. The minimum absolute atomic E-state index is 0.0146. The highest BCUT2D eigenvalue weighted by atomic mass is 79.9. The fourth-order valence-electron chi connectivity index (χ4n) is 4.31. The molecule has 2 aliphatic rings. The van der Waals surface area contributed by atoms with Crippen LogP contribution < -0.4 is 9.80 Å². The molecule has 0 saturated heterocycles. The second-order valence-electron chi connectivity index (χ2n) is 8.00. The van der Waals surface area contributed by atoms with Crippen molar-refractivity contribution in [3.8, 4) is 0 Å². The average molecular weight is 461 g/mol. The number of carbonyl (C=O) groups excluding carboxylic acids is 1. The molecule has 1 unspecified atom stereocenters. The largest absolute Gasteiger partial charge is 0.313 e. The topological polar surface area (TPSA) is 37.1 Å². The number of rotatable bonds is 3. The Balaban J connectivity index is 1.45. The summed E-state index contributed by atoms with van der Waals surface area (Å²) in [5, 5.41) is 0. The number of anilines is 1. The van der Waals surface area contributed by atoms with Gasteiger partial charge in [0, 0.05) is 22.0 Å². The molecule has 5 heteroatoms. The average Bonchev–Trinajstić information content (AvgIpc) is 3.02. The van der Waals surface area contributed by atoms with Crippen LogP contribution in [0.4, 0.5) is 11.4 Å². The molecule has 0 bridgehead atoms. The van der Waals surface area contributed by atoms with E-state index in [1.807, 2.05) is 54.3 Å². The molecule has 3 aromatic rings. The predicted octanol–water partition coefficient (Wildman–Crippen LogP) is 3.82. The highest BCUT2D eigenvalue weighted by Crippen LogP contribution is 2.31. The van der Waals surface area contributed by atoms with Crippen molar-refractivity contribution in [1.29, 1.82) is 0 Å². The van der Waals surface area contributed by atoms with Crippen LogP contribution >= 0.6 is 15.9 Å².